The van der Waals surface area contributed by atoms with E-state index < -0.39 is 10.0 Å². The Morgan fingerprint density at radius 3 is 2.62 bits per heavy atom. The summed E-state index contributed by atoms with van der Waals surface area (Å²) >= 11 is 1.42. The van der Waals surface area contributed by atoms with Gasteiger partial charge in [-0.05, 0) is 30.0 Å². The van der Waals surface area contributed by atoms with E-state index in [0.717, 1.165) is 17.5 Å². The van der Waals surface area contributed by atoms with Crippen molar-refractivity contribution >= 4 is 39.1 Å². The lowest BCUT2D eigenvalue weighted by atomic mass is 10.1. The molecule has 0 saturated carbocycles. The highest BCUT2D eigenvalue weighted by Gasteiger charge is 2.22. The van der Waals surface area contributed by atoms with Gasteiger partial charge in [0.15, 0.2) is 11.2 Å². The van der Waals surface area contributed by atoms with Crippen LogP contribution < -0.4 is 14.9 Å². The van der Waals surface area contributed by atoms with E-state index in [9.17, 15) is 13.2 Å². The number of hydrogen-bond acceptors (Lipinski definition) is 7. The van der Waals surface area contributed by atoms with Crippen molar-refractivity contribution in [3.8, 4) is 0 Å². The van der Waals surface area contributed by atoms with E-state index in [2.05, 4.69) is 15.8 Å². The molecule has 1 aliphatic rings. The number of nitrogens with one attached hydrogen (secondary N) is 2. The van der Waals surface area contributed by atoms with Crippen molar-refractivity contribution in [3.05, 3.63) is 52.8 Å². The summed E-state index contributed by atoms with van der Waals surface area (Å²) in [6.07, 6.45) is 1.16. The first-order valence-electron chi connectivity index (χ1n) is 7.65. The molecule has 0 saturated heterocycles. The molecule has 2 aromatic rings. The van der Waals surface area contributed by atoms with Gasteiger partial charge in [-0.3, -0.25) is 9.10 Å². The third kappa shape index (κ3) is 4.02. The van der Waals surface area contributed by atoms with Crippen molar-refractivity contribution in [1.82, 2.24) is 15.8 Å². The van der Waals surface area contributed by atoms with Crippen LogP contribution in [0, 0.1) is 6.92 Å². The Kier molecular flexibility index (Phi) is 4.97. The first kappa shape index (κ1) is 18.3. The van der Waals surface area contributed by atoms with Crippen molar-refractivity contribution in [3.63, 3.8) is 0 Å². The van der Waals surface area contributed by atoms with Crippen molar-refractivity contribution in [2.24, 2.45) is 0 Å². The Morgan fingerprint density at radius 1 is 1.35 bits per heavy atom. The number of hydrogen-bond donors (Lipinski definition) is 2. The number of nitrogens with zero attached hydrogens (tertiary/aromatic N) is 2. The number of aromatic nitrogens is 1. The zero-order chi connectivity index (χ0) is 18.9. The first-order chi connectivity index (χ1) is 12.2. The van der Waals surface area contributed by atoms with Crippen LogP contribution in [0.15, 0.2) is 40.3 Å². The third-order valence-electron chi connectivity index (χ3n) is 3.77. The van der Waals surface area contributed by atoms with E-state index in [1.54, 1.807) is 25.1 Å². The minimum absolute atomic E-state index is 0.228. The fraction of sp³-hybridized carbons (Fsp3) is 0.250. The molecule has 0 spiro atoms. The number of carbonyl (C=O) groups is 1. The van der Waals surface area contributed by atoms with Crippen LogP contribution >= 0.6 is 11.8 Å². The smallest absolute Gasteiger partial charge is 0.275 e. The first-order valence-corrected chi connectivity index (χ1v) is 10.4. The van der Waals surface area contributed by atoms with Crippen LogP contribution in [0.25, 0.3) is 5.70 Å². The van der Waals surface area contributed by atoms with Crippen molar-refractivity contribution in [1.29, 1.82) is 0 Å². The maximum atomic E-state index is 12.1. The van der Waals surface area contributed by atoms with Gasteiger partial charge in [0.1, 0.15) is 5.76 Å². The summed E-state index contributed by atoms with van der Waals surface area (Å²) in [5.41, 5.74) is 2.20. The van der Waals surface area contributed by atoms with Crippen LogP contribution in [0.2, 0.25) is 0 Å². The van der Waals surface area contributed by atoms with Crippen molar-refractivity contribution in [2.75, 3.05) is 17.6 Å². The predicted molar refractivity (Wildman–Crippen MR) is 101 cm³/mol. The fourth-order valence-electron chi connectivity index (χ4n) is 2.28. The molecule has 8 nitrogen and oxygen atoms in total. The minimum Gasteiger partial charge on any atom is -0.361 e. The van der Waals surface area contributed by atoms with Gasteiger partial charge in [-0.25, -0.2) is 8.42 Å². The summed E-state index contributed by atoms with van der Waals surface area (Å²) in [6, 6.07) is 8.67. The molecule has 1 aromatic carbocycles. The molecule has 2 N–H and O–H groups in total. The molecule has 0 aliphatic carbocycles. The van der Waals surface area contributed by atoms with Gasteiger partial charge in [0.2, 0.25) is 10.0 Å². The van der Waals surface area contributed by atoms with E-state index in [0.29, 0.717) is 11.4 Å². The Balaban J connectivity index is 1.62. The topological polar surface area (TPSA) is 105 Å². The molecule has 0 bridgehead atoms. The van der Waals surface area contributed by atoms with Crippen molar-refractivity contribution < 1.29 is 17.7 Å². The van der Waals surface area contributed by atoms with E-state index in [4.69, 9.17) is 4.52 Å². The van der Waals surface area contributed by atoms with Crippen molar-refractivity contribution in [2.45, 2.75) is 12.4 Å². The second-order valence-corrected chi connectivity index (χ2v) is 8.76. The van der Waals surface area contributed by atoms with Gasteiger partial charge in [-0.1, -0.05) is 29.1 Å². The maximum Gasteiger partial charge on any atom is 0.275 e. The highest BCUT2D eigenvalue weighted by atomic mass is 32.2. The molecule has 1 unspecified atom stereocenters. The third-order valence-corrected chi connectivity index (χ3v) is 5.86. The Morgan fingerprint density at radius 2 is 2.04 bits per heavy atom. The number of rotatable bonds is 5. The SMILES string of the molecule is Cc1cc(C(=O)NC2NC(c3ccc(N(C)S(C)(=O)=O)cc3)=CS2)no1. The maximum absolute atomic E-state index is 12.1. The van der Waals surface area contributed by atoms with E-state index >= 15 is 0 Å². The molecular weight excluding hydrogens is 376 g/mol. The van der Waals surface area contributed by atoms with E-state index in [1.165, 1.54) is 23.1 Å². The molecule has 2 heterocycles. The molecule has 1 amide bonds. The largest absolute Gasteiger partial charge is 0.361 e. The zero-order valence-electron chi connectivity index (χ0n) is 14.4. The normalized spacial score (nSPS) is 16.7. The van der Waals surface area contributed by atoms with Gasteiger partial charge in [0.25, 0.3) is 5.91 Å². The highest BCUT2D eigenvalue weighted by molar-refractivity contribution is 8.03. The average molecular weight is 394 g/mol. The Bertz CT molecular complexity index is 951. The molecule has 138 valence electrons. The monoisotopic (exact) mass is 394 g/mol. The molecular formula is C16H18N4O4S2. The summed E-state index contributed by atoms with van der Waals surface area (Å²) in [7, 11) is -1.79. The van der Waals surface area contributed by atoms with Crippen LogP contribution in [0.1, 0.15) is 21.8 Å². The summed E-state index contributed by atoms with van der Waals surface area (Å²) in [5.74, 6) is 0.242. The lowest BCUT2D eigenvalue weighted by molar-refractivity contribution is 0.0939. The lowest BCUT2D eigenvalue weighted by Gasteiger charge is -2.17. The number of anilines is 1. The van der Waals surface area contributed by atoms with Gasteiger partial charge in [-0.15, -0.1) is 0 Å². The second kappa shape index (κ2) is 7.04. The van der Waals surface area contributed by atoms with Crippen LogP contribution in [-0.4, -0.2) is 38.3 Å². The summed E-state index contributed by atoms with van der Waals surface area (Å²) in [4.78, 5) is 12.1. The van der Waals surface area contributed by atoms with Crippen LogP contribution in [0.3, 0.4) is 0 Å². The quantitative estimate of drug-likeness (QED) is 0.796. The highest BCUT2D eigenvalue weighted by Crippen LogP contribution is 2.27. The lowest BCUT2D eigenvalue weighted by Crippen LogP contribution is -2.39. The molecule has 3 rings (SSSR count). The molecule has 1 aliphatic heterocycles. The molecule has 1 atom stereocenters. The van der Waals surface area contributed by atoms with Gasteiger partial charge in [0, 0.05) is 13.1 Å². The number of carbonyl (C=O) groups excluding carboxylic acids is 1. The molecule has 26 heavy (non-hydrogen) atoms. The summed E-state index contributed by atoms with van der Waals surface area (Å²) in [5, 5.41) is 11.6. The van der Waals surface area contributed by atoms with E-state index in [1.807, 2.05) is 17.5 Å². The molecule has 10 heteroatoms. The van der Waals surface area contributed by atoms with Crippen LogP contribution in [0.5, 0.6) is 0 Å². The number of sulfonamides is 1. The molecule has 0 fully saturated rings. The van der Waals surface area contributed by atoms with Crippen LogP contribution in [0.4, 0.5) is 5.69 Å². The van der Waals surface area contributed by atoms with Gasteiger partial charge in [0.05, 0.1) is 17.6 Å². The number of aryl methyl sites for hydroxylation is 1. The molecule has 1 aromatic heterocycles. The Labute approximate surface area is 155 Å². The number of thioether (sulfide) groups is 1. The van der Waals surface area contributed by atoms with Crippen LogP contribution in [-0.2, 0) is 10.0 Å². The average Bonchev–Trinajstić information content (AvgIpc) is 3.22. The standard InChI is InChI=1S/C16H18N4O4S2/c1-10-8-13(19-24-10)15(21)18-16-17-14(9-25-16)11-4-6-12(7-5-11)20(2)26(3,22)23/h4-9,16-17H,1-3H3,(H,18,21). The minimum atomic E-state index is -3.30. The van der Waals surface area contributed by atoms with Gasteiger partial charge >= 0.3 is 0 Å². The van der Waals surface area contributed by atoms with Gasteiger partial charge in [-0.2, -0.15) is 0 Å². The fourth-order valence-corrected chi connectivity index (χ4v) is 3.63. The zero-order valence-corrected chi connectivity index (χ0v) is 16.0. The molecule has 0 radical (unpaired) electrons. The number of amides is 1. The predicted octanol–water partition coefficient (Wildman–Crippen LogP) is 1.73. The Hall–Kier alpha value is -2.46. The van der Waals surface area contributed by atoms with Gasteiger partial charge < -0.3 is 15.2 Å². The van der Waals surface area contributed by atoms with E-state index in [-0.39, 0.29) is 17.1 Å². The summed E-state index contributed by atoms with van der Waals surface area (Å²) < 4.78 is 29.3. The summed E-state index contributed by atoms with van der Waals surface area (Å²) in [6.45, 7) is 1.72. The second-order valence-electron chi connectivity index (χ2n) is 5.77. The number of benzene rings is 1.